The van der Waals surface area contributed by atoms with E-state index in [1.54, 1.807) is 0 Å². The molecule has 1 aromatic heterocycles. The number of carbonyl (C=O) groups excluding carboxylic acids is 1. The number of aromatic amines is 1. The molecule has 0 unspecified atom stereocenters. The van der Waals surface area contributed by atoms with Gasteiger partial charge in [-0.2, -0.15) is 0 Å². The van der Waals surface area contributed by atoms with Crippen molar-refractivity contribution in [1.29, 1.82) is 0 Å². The Balaban J connectivity index is 1.40. The Morgan fingerprint density at radius 3 is 2.97 bits per heavy atom. The molecule has 2 aliphatic heterocycles. The van der Waals surface area contributed by atoms with Gasteiger partial charge in [-0.3, -0.25) is 9.69 Å². The lowest BCUT2D eigenvalue weighted by atomic mass is 9.65. The molecular weight excluding hydrogens is 376 g/mol. The highest BCUT2D eigenvalue weighted by atomic mass is 16.5. The molecule has 1 aromatic carbocycles. The summed E-state index contributed by atoms with van der Waals surface area (Å²) in [6.45, 7) is 6.83. The number of H-pyrrole nitrogens is 1. The van der Waals surface area contributed by atoms with Crippen LogP contribution in [0.15, 0.2) is 24.3 Å². The molecule has 0 bridgehead atoms. The number of aromatic nitrogens is 1. The summed E-state index contributed by atoms with van der Waals surface area (Å²) < 4.78 is 5.64. The number of carbonyl (C=O) groups is 1. The summed E-state index contributed by atoms with van der Waals surface area (Å²) >= 11 is 0. The first-order chi connectivity index (χ1) is 14.5. The summed E-state index contributed by atoms with van der Waals surface area (Å²) in [5.74, 6) is 0.608. The van der Waals surface area contributed by atoms with Crippen LogP contribution in [0.2, 0.25) is 0 Å². The molecule has 5 nitrogen and oxygen atoms in total. The third kappa shape index (κ3) is 3.46. The maximum absolute atomic E-state index is 13.0. The average Bonchev–Trinajstić information content (AvgIpc) is 3.11. The fourth-order valence-corrected chi connectivity index (χ4v) is 6.16. The van der Waals surface area contributed by atoms with Crippen molar-refractivity contribution in [3.05, 3.63) is 35.5 Å². The predicted octanol–water partition coefficient (Wildman–Crippen LogP) is 4.06. The maximum Gasteiger partial charge on any atom is 0.311 e. The molecule has 2 fully saturated rings. The second-order valence-electron chi connectivity index (χ2n) is 10.0. The number of nitrogens with one attached hydrogen (secondary N) is 1. The Morgan fingerprint density at radius 1 is 1.30 bits per heavy atom. The first-order valence-electron chi connectivity index (χ1n) is 11.7. The Hall–Kier alpha value is -1.85. The van der Waals surface area contributed by atoms with Gasteiger partial charge in [0, 0.05) is 29.7 Å². The summed E-state index contributed by atoms with van der Waals surface area (Å²) in [5, 5.41) is 12.1. The minimum absolute atomic E-state index is 0.182. The van der Waals surface area contributed by atoms with Gasteiger partial charge in [-0.1, -0.05) is 32.0 Å². The SMILES string of the molecule is CC(C)CCOC(=O)[C@@H]1[C@H]2C[C@H]3c4[nH]c5ccccc5c4CCN3C[C@@H]2CC[C@@H]1O. The molecule has 162 valence electrons. The van der Waals surface area contributed by atoms with Gasteiger partial charge in [-0.05, 0) is 61.5 Å². The van der Waals surface area contributed by atoms with E-state index in [4.69, 9.17) is 4.74 Å². The number of para-hydroxylation sites is 1. The molecule has 3 aliphatic rings. The molecule has 5 atom stereocenters. The number of hydrogen-bond acceptors (Lipinski definition) is 4. The first-order valence-corrected chi connectivity index (χ1v) is 11.7. The maximum atomic E-state index is 13.0. The Morgan fingerprint density at radius 2 is 2.13 bits per heavy atom. The number of nitrogens with zero attached hydrogens (tertiary/aromatic N) is 1. The quantitative estimate of drug-likeness (QED) is 0.746. The standard InChI is InChI=1S/C25H34N2O3/c1-15(2)10-12-30-25(29)23-19-13-21-24-18(17-5-3-4-6-20(17)26-24)9-11-27(21)14-16(19)7-8-22(23)28/h3-6,15-16,19,21-23,26,28H,7-14H2,1-2H3/t16-,19-,21-,22-,23+/m0/s1. The average molecular weight is 411 g/mol. The van der Waals surface area contributed by atoms with Gasteiger partial charge in [0.05, 0.1) is 24.7 Å². The monoisotopic (exact) mass is 410 g/mol. The fourth-order valence-electron chi connectivity index (χ4n) is 6.16. The van der Waals surface area contributed by atoms with Crippen molar-refractivity contribution in [2.75, 3.05) is 19.7 Å². The fraction of sp³-hybridized carbons (Fsp3) is 0.640. The Kier molecular flexibility index (Phi) is 5.36. The Labute approximate surface area is 178 Å². The van der Waals surface area contributed by atoms with Gasteiger partial charge < -0.3 is 14.8 Å². The topological polar surface area (TPSA) is 65.6 Å². The highest BCUT2D eigenvalue weighted by Crippen LogP contribution is 2.49. The number of rotatable bonds is 4. The number of benzene rings is 1. The predicted molar refractivity (Wildman–Crippen MR) is 117 cm³/mol. The lowest BCUT2D eigenvalue weighted by Crippen LogP contribution is -2.53. The van der Waals surface area contributed by atoms with Crippen molar-refractivity contribution >= 4 is 16.9 Å². The van der Waals surface area contributed by atoms with Gasteiger partial charge in [-0.25, -0.2) is 0 Å². The van der Waals surface area contributed by atoms with Crippen molar-refractivity contribution < 1.29 is 14.6 Å². The summed E-state index contributed by atoms with van der Waals surface area (Å²) in [6.07, 6.45) is 4.01. The largest absolute Gasteiger partial charge is 0.465 e. The molecule has 2 N–H and O–H groups in total. The summed E-state index contributed by atoms with van der Waals surface area (Å²) in [6, 6.07) is 8.87. The molecule has 2 aromatic rings. The Bertz CT molecular complexity index is 920. The lowest BCUT2D eigenvalue weighted by molar-refractivity contribution is -0.163. The van der Waals surface area contributed by atoms with E-state index in [9.17, 15) is 9.90 Å². The van der Waals surface area contributed by atoms with Crippen molar-refractivity contribution in [2.24, 2.45) is 23.7 Å². The number of piperidine rings is 1. The summed E-state index contributed by atoms with van der Waals surface area (Å²) in [7, 11) is 0. The summed E-state index contributed by atoms with van der Waals surface area (Å²) in [5.41, 5.74) is 3.98. The molecule has 30 heavy (non-hydrogen) atoms. The smallest absolute Gasteiger partial charge is 0.311 e. The van der Waals surface area contributed by atoms with Gasteiger partial charge in [0.25, 0.3) is 0 Å². The third-order valence-corrected chi connectivity index (χ3v) is 7.76. The lowest BCUT2D eigenvalue weighted by Gasteiger charge is -2.51. The van der Waals surface area contributed by atoms with Crippen LogP contribution in [0.4, 0.5) is 0 Å². The molecule has 3 heterocycles. The number of fused-ring (bicyclic) bond motifs is 6. The number of hydrogen-bond donors (Lipinski definition) is 2. The van der Waals surface area contributed by atoms with E-state index in [2.05, 4.69) is 48.0 Å². The number of esters is 1. The van der Waals surface area contributed by atoms with Gasteiger partial charge >= 0.3 is 5.97 Å². The molecule has 5 rings (SSSR count). The van der Waals surface area contributed by atoms with E-state index >= 15 is 0 Å². The second kappa shape index (κ2) is 8.01. The van der Waals surface area contributed by atoms with Crippen LogP contribution in [0.1, 0.15) is 56.8 Å². The van der Waals surface area contributed by atoms with E-state index in [1.165, 1.54) is 22.2 Å². The number of ether oxygens (including phenoxy) is 1. The highest BCUT2D eigenvalue weighted by molar-refractivity contribution is 5.85. The summed E-state index contributed by atoms with van der Waals surface area (Å²) in [4.78, 5) is 19.3. The molecule has 1 saturated carbocycles. The van der Waals surface area contributed by atoms with Gasteiger partial charge in [0.1, 0.15) is 0 Å². The van der Waals surface area contributed by atoms with Crippen LogP contribution in [0.5, 0.6) is 0 Å². The van der Waals surface area contributed by atoms with E-state index in [-0.39, 0.29) is 17.8 Å². The number of aliphatic hydroxyl groups is 1. The normalized spacial score (nSPS) is 31.3. The van der Waals surface area contributed by atoms with Crippen molar-refractivity contribution in [1.82, 2.24) is 9.88 Å². The molecular formula is C25H34N2O3. The molecule has 1 saturated heterocycles. The van der Waals surface area contributed by atoms with Gasteiger partial charge in [-0.15, -0.1) is 0 Å². The van der Waals surface area contributed by atoms with Crippen LogP contribution in [-0.2, 0) is 16.0 Å². The van der Waals surface area contributed by atoms with E-state index in [1.807, 2.05) is 0 Å². The van der Waals surface area contributed by atoms with Crippen molar-refractivity contribution in [2.45, 2.75) is 58.1 Å². The van der Waals surface area contributed by atoms with E-state index in [0.29, 0.717) is 30.9 Å². The van der Waals surface area contributed by atoms with Gasteiger partial charge in [0.15, 0.2) is 0 Å². The molecule has 0 amide bonds. The van der Waals surface area contributed by atoms with Crippen LogP contribution < -0.4 is 0 Å². The van der Waals surface area contributed by atoms with Crippen LogP contribution >= 0.6 is 0 Å². The minimum Gasteiger partial charge on any atom is -0.465 e. The van der Waals surface area contributed by atoms with Crippen LogP contribution in [0.3, 0.4) is 0 Å². The van der Waals surface area contributed by atoms with E-state index < -0.39 is 6.10 Å². The molecule has 5 heteroatoms. The van der Waals surface area contributed by atoms with Gasteiger partial charge in [0.2, 0.25) is 0 Å². The van der Waals surface area contributed by atoms with Crippen LogP contribution in [0, 0.1) is 23.7 Å². The van der Waals surface area contributed by atoms with Crippen LogP contribution in [-0.4, -0.2) is 46.8 Å². The second-order valence-corrected chi connectivity index (χ2v) is 10.0. The molecule has 0 radical (unpaired) electrons. The van der Waals surface area contributed by atoms with Crippen LogP contribution in [0.25, 0.3) is 10.9 Å². The molecule has 0 spiro atoms. The number of aliphatic hydroxyl groups excluding tert-OH is 1. The third-order valence-electron chi connectivity index (χ3n) is 7.76. The molecule has 1 aliphatic carbocycles. The zero-order valence-corrected chi connectivity index (χ0v) is 18.1. The highest BCUT2D eigenvalue weighted by Gasteiger charge is 2.49. The first kappa shape index (κ1) is 20.1. The zero-order valence-electron chi connectivity index (χ0n) is 18.1. The minimum atomic E-state index is -0.574. The van der Waals surface area contributed by atoms with Crippen molar-refractivity contribution in [3.63, 3.8) is 0 Å². The van der Waals surface area contributed by atoms with E-state index in [0.717, 1.165) is 38.8 Å². The zero-order chi connectivity index (χ0) is 20.8. The van der Waals surface area contributed by atoms with Crippen molar-refractivity contribution in [3.8, 4) is 0 Å².